The van der Waals surface area contributed by atoms with Crippen LogP contribution in [0.15, 0.2) is 0 Å². The first-order valence-electron chi connectivity index (χ1n) is 6.51. The maximum atomic E-state index is 10.4. The van der Waals surface area contributed by atoms with Crippen LogP contribution in [0.3, 0.4) is 0 Å². The Bertz CT molecular complexity index is 170. The lowest BCUT2D eigenvalue weighted by Crippen LogP contribution is -2.31. The molecule has 0 amide bonds. The molecule has 102 valence electrons. The fraction of sp³-hybridized carbons (Fsp3) is 0.923. The molecule has 0 aromatic carbocycles. The fourth-order valence-corrected chi connectivity index (χ4v) is 1.79. The van der Waals surface area contributed by atoms with Crippen LogP contribution in [0.2, 0.25) is 0 Å². The van der Waals surface area contributed by atoms with Crippen molar-refractivity contribution in [2.45, 2.75) is 19.3 Å². The summed E-state index contributed by atoms with van der Waals surface area (Å²) in [6.45, 7) is 5.33. The summed E-state index contributed by atoms with van der Waals surface area (Å²) in [6.07, 6.45) is 4.02. The lowest BCUT2D eigenvalue weighted by atomic mass is 10.3. The summed E-state index contributed by atoms with van der Waals surface area (Å²) in [5.41, 5.74) is 0. The van der Waals surface area contributed by atoms with E-state index in [1.807, 2.05) is 0 Å². The first-order valence-corrected chi connectivity index (χ1v) is 6.51. The monoisotopic (exact) mass is 243 g/mol. The van der Waals surface area contributed by atoms with E-state index in [2.05, 4.69) is 42.9 Å². The van der Waals surface area contributed by atoms with Crippen LogP contribution < -0.4 is 0 Å². The van der Waals surface area contributed by atoms with Crippen molar-refractivity contribution in [1.82, 2.24) is 14.7 Å². The molecule has 0 radical (unpaired) electrons. The minimum Gasteiger partial charge on any atom is -0.309 e. The molecule has 0 aromatic heterocycles. The maximum absolute atomic E-state index is 10.4. The molecule has 0 fully saturated rings. The summed E-state index contributed by atoms with van der Waals surface area (Å²) >= 11 is 0. The van der Waals surface area contributed by atoms with E-state index in [-0.39, 0.29) is 0 Å². The van der Waals surface area contributed by atoms with E-state index >= 15 is 0 Å². The van der Waals surface area contributed by atoms with E-state index in [4.69, 9.17) is 0 Å². The van der Waals surface area contributed by atoms with Gasteiger partial charge in [0.05, 0.1) is 0 Å². The smallest absolute Gasteiger partial charge is 0.121 e. The Hall–Kier alpha value is -0.450. The van der Waals surface area contributed by atoms with E-state index in [0.717, 1.165) is 39.0 Å². The number of carbonyl (C=O) groups excluding carboxylic acids is 1. The molecule has 0 heterocycles. The third-order valence-electron chi connectivity index (χ3n) is 2.72. The van der Waals surface area contributed by atoms with Crippen molar-refractivity contribution in [1.29, 1.82) is 0 Å². The average Bonchev–Trinajstić information content (AvgIpc) is 2.24. The van der Waals surface area contributed by atoms with Gasteiger partial charge in [-0.2, -0.15) is 0 Å². The van der Waals surface area contributed by atoms with Gasteiger partial charge in [0, 0.05) is 13.0 Å². The zero-order valence-corrected chi connectivity index (χ0v) is 12.0. The SMILES string of the molecule is CN(C)CCCN(CCC=O)CCCN(C)C. The number of hydrogen-bond donors (Lipinski definition) is 0. The van der Waals surface area contributed by atoms with Crippen molar-refractivity contribution in [2.75, 3.05) is 60.9 Å². The highest BCUT2D eigenvalue weighted by atomic mass is 16.1. The van der Waals surface area contributed by atoms with Crippen LogP contribution in [0.5, 0.6) is 0 Å². The molecule has 0 saturated heterocycles. The molecule has 0 unspecified atom stereocenters. The van der Waals surface area contributed by atoms with Gasteiger partial charge in [-0.15, -0.1) is 0 Å². The topological polar surface area (TPSA) is 26.8 Å². The third-order valence-corrected chi connectivity index (χ3v) is 2.72. The second-order valence-electron chi connectivity index (χ2n) is 5.11. The molecule has 0 saturated carbocycles. The molecule has 0 aromatic rings. The van der Waals surface area contributed by atoms with Crippen LogP contribution in [-0.2, 0) is 4.79 Å². The summed E-state index contributed by atoms with van der Waals surface area (Å²) in [6, 6.07) is 0. The molecule has 0 atom stereocenters. The Balaban J connectivity index is 3.74. The molecule has 0 bridgehead atoms. The lowest BCUT2D eigenvalue weighted by molar-refractivity contribution is -0.108. The van der Waals surface area contributed by atoms with Crippen LogP contribution in [0.1, 0.15) is 19.3 Å². The van der Waals surface area contributed by atoms with Crippen molar-refractivity contribution < 1.29 is 4.79 Å². The van der Waals surface area contributed by atoms with Crippen molar-refractivity contribution in [3.8, 4) is 0 Å². The van der Waals surface area contributed by atoms with Gasteiger partial charge >= 0.3 is 0 Å². The van der Waals surface area contributed by atoms with Gasteiger partial charge in [0.2, 0.25) is 0 Å². The van der Waals surface area contributed by atoms with Gasteiger partial charge in [-0.1, -0.05) is 0 Å². The van der Waals surface area contributed by atoms with Crippen LogP contribution in [0, 0.1) is 0 Å². The lowest BCUT2D eigenvalue weighted by Gasteiger charge is -2.23. The maximum Gasteiger partial charge on any atom is 0.121 e. The summed E-state index contributed by atoms with van der Waals surface area (Å²) < 4.78 is 0. The van der Waals surface area contributed by atoms with Gasteiger partial charge in [0.15, 0.2) is 0 Å². The van der Waals surface area contributed by atoms with E-state index in [0.29, 0.717) is 6.42 Å². The quantitative estimate of drug-likeness (QED) is 0.501. The molecular formula is C13H29N3O. The standard InChI is InChI=1S/C13H29N3O/c1-14(2)8-5-10-16(12-7-13-17)11-6-9-15(3)4/h13H,5-12H2,1-4H3. The zero-order chi connectivity index (χ0) is 13.1. The van der Waals surface area contributed by atoms with Gasteiger partial charge in [-0.05, 0) is 67.2 Å². The highest BCUT2D eigenvalue weighted by Gasteiger charge is 2.04. The summed E-state index contributed by atoms with van der Waals surface area (Å²) in [7, 11) is 8.40. The van der Waals surface area contributed by atoms with E-state index < -0.39 is 0 Å². The predicted molar refractivity (Wildman–Crippen MR) is 73.5 cm³/mol. The van der Waals surface area contributed by atoms with Crippen molar-refractivity contribution in [3.63, 3.8) is 0 Å². The molecule has 0 aliphatic heterocycles. The van der Waals surface area contributed by atoms with E-state index in [1.54, 1.807) is 0 Å². The molecule has 0 spiro atoms. The Labute approximate surface area is 107 Å². The number of carbonyl (C=O) groups is 1. The number of hydrogen-bond acceptors (Lipinski definition) is 4. The third kappa shape index (κ3) is 11.8. The van der Waals surface area contributed by atoms with Crippen molar-refractivity contribution >= 4 is 6.29 Å². The van der Waals surface area contributed by atoms with E-state index in [9.17, 15) is 4.79 Å². The van der Waals surface area contributed by atoms with Gasteiger partial charge in [-0.25, -0.2) is 0 Å². The van der Waals surface area contributed by atoms with Crippen molar-refractivity contribution in [2.24, 2.45) is 0 Å². The molecule has 0 N–H and O–H groups in total. The molecule has 0 aliphatic rings. The Kier molecular flexibility index (Phi) is 10.4. The largest absolute Gasteiger partial charge is 0.309 e. The van der Waals surface area contributed by atoms with Crippen LogP contribution in [0.4, 0.5) is 0 Å². The molecule has 4 nitrogen and oxygen atoms in total. The Morgan fingerprint density at radius 1 is 0.765 bits per heavy atom. The van der Waals surface area contributed by atoms with Gasteiger partial charge < -0.3 is 19.5 Å². The second kappa shape index (κ2) is 10.7. The minimum atomic E-state index is 0.657. The predicted octanol–water partition coefficient (Wildman–Crippen LogP) is 0.781. The zero-order valence-electron chi connectivity index (χ0n) is 12.0. The normalized spacial score (nSPS) is 11.7. The van der Waals surface area contributed by atoms with E-state index in [1.165, 1.54) is 12.8 Å². The molecule has 4 heteroatoms. The Morgan fingerprint density at radius 3 is 1.59 bits per heavy atom. The highest BCUT2D eigenvalue weighted by molar-refractivity contribution is 5.49. The van der Waals surface area contributed by atoms with Gasteiger partial charge in [0.25, 0.3) is 0 Å². The minimum absolute atomic E-state index is 0.657. The fourth-order valence-electron chi connectivity index (χ4n) is 1.79. The van der Waals surface area contributed by atoms with Crippen LogP contribution in [-0.4, -0.2) is 81.9 Å². The van der Waals surface area contributed by atoms with Crippen LogP contribution >= 0.6 is 0 Å². The molecule has 0 rings (SSSR count). The molecule has 17 heavy (non-hydrogen) atoms. The molecular weight excluding hydrogens is 214 g/mol. The van der Waals surface area contributed by atoms with Crippen molar-refractivity contribution in [3.05, 3.63) is 0 Å². The summed E-state index contributed by atoms with van der Waals surface area (Å²) in [4.78, 5) is 17.2. The molecule has 0 aliphatic carbocycles. The van der Waals surface area contributed by atoms with Gasteiger partial charge in [0.1, 0.15) is 6.29 Å². The first-order chi connectivity index (χ1) is 8.06. The first kappa shape index (κ1) is 16.6. The van der Waals surface area contributed by atoms with Crippen LogP contribution in [0.25, 0.3) is 0 Å². The summed E-state index contributed by atoms with van der Waals surface area (Å²) in [5.74, 6) is 0. The highest BCUT2D eigenvalue weighted by Crippen LogP contribution is 1.97. The average molecular weight is 243 g/mol. The number of aldehydes is 1. The Morgan fingerprint density at radius 2 is 1.24 bits per heavy atom. The second-order valence-corrected chi connectivity index (χ2v) is 5.11. The van der Waals surface area contributed by atoms with Gasteiger partial charge in [-0.3, -0.25) is 0 Å². The number of nitrogens with zero attached hydrogens (tertiary/aromatic N) is 3. The number of rotatable bonds is 11. The summed E-state index contributed by atoms with van der Waals surface area (Å²) in [5, 5.41) is 0.